The van der Waals surface area contributed by atoms with E-state index >= 15 is 0 Å². The van der Waals surface area contributed by atoms with Gasteiger partial charge >= 0.3 is 5.97 Å². The van der Waals surface area contributed by atoms with Crippen LogP contribution in [0.4, 0.5) is 5.82 Å². The minimum absolute atomic E-state index is 0.181. The Bertz CT molecular complexity index is 1190. The first-order valence-electron chi connectivity index (χ1n) is 10.5. The predicted octanol–water partition coefficient (Wildman–Crippen LogP) is 4.09. The Morgan fingerprint density at radius 3 is 2.61 bits per heavy atom. The molecule has 0 spiro atoms. The zero-order valence-corrected chi connectivity index (χ0v) is 18.7. The molecule has 0 unspecified atom stereocenters. The van der Waals surface area contributed by atoms with Crippen LogP contribution in [0.3, 0.4) is 0 Å². The first-order valence-corrected chi connectivity index (χ1v) is 10.5. The first kappa shape index (κ1) is 22.1. The Hall–Kier alpha value is -4.07. The number of fused-ring (bicyclic) bond motifs is 1. The molecule has 1 amide bonds. The Balaban J connectivity index is 1.38. The van der Waals surface area contributed by atoms with Crippen LogP contribution in [0.15, 0.2) is 60.7 Å². The second kappa shape index (κ2) is 9.20. The predicted molar refractivity (Wildman–Crippen MR) is 123 cm³/mol. The van der Waals surface area contributed by atoms with Crippen molar-refractivity contribution in [3.05, 3.63) is 71.9 Å². The molecule has 33 heavy (non-hydrogen) atoms. The maximum atomic E-state index is 12.5. The number of rotatable bonds is 6. The molecule has 8 nitrogen and oxygen atoms in total. The molecule has 0 saturated heterocycles. The van der Waals surface area contributed by atoms with E-state index < -0.39 is 18.5 Å². The average Bonchev–Trinajstić information content (AvgIpc) is 3.43. The number of nitrogens with one attached hydrogen (secondary N) is 1. The van der Waals surface area contributed by atoms with Gasteiger partial charge in [0.05, 0.1) is 11.4 Å². The van der Waals surface area contributed by atoms with Gasteiger partial charge in [-0.25, -0.2) is 9.48 Å². The molecular weight excluding hydrogens is 422 g/mol. The summed E-state index contributed by atoms with van der Waals surface area (Å²) in [6.45, 7) is 5.90. The molecule has 2 aromatic carbocycles. The number of aromatic nitrogens is 2. The Labute approximate surface area is 191 Å². The van der Waals surface area contributed by atoms with E-state index in [1.54, 1.807) is 29.0 Å². The fourth-order valence-electron chi connectivity index (χ4n) is 3.15. The van der Waals surface area contributed by atoms with Crippen LogP contribution in [-0.2, 0) is 19.7 Å². The Morgan fingerprint density at radius 2 is 1.85 bits per heavy atom. The summed E-state index contributed by atoms with van der Waals surface area (Å²) in [5, 5.41) is 7.44. The van der Waals surface area contributed by atoms with Crippen molar-refractivity contribution in [2.24, 2.45) is 0 Å². The van der Waals surface area contributed by atoms with E-state index in [1.165, 1.54) is 6.08 Å². The minimum Gasteiger partial charge on any atom is -0.454 e. The summed E-state index contributed by atoms with van der Waals surface area (Å²) in [7, 11) is 0. The summed E-state index contributed by atoms with van der Waals surface area (Å²) in [6.07, 6.45) is 2.85. The monoisotopic (exact) mass is 447 g/mol. The average molecular weight is 447 g/mol. The van der Waals surface area contributed by atoms with Gasteiger partial charge in [-0.05, 0) is 35.9 Å². The molecule has 0 bridgehead atoms. The maximum absolute atomic E-state index is 12.5. The van der Waals surface area contributed by atoms with E-state index in [0.29, 0.717) is 17.3 Å². The number of carbonyl (C=O) groups excluding carboxylic acids is 2. The van der Waals surface area contributed by atoms with Gasteiger partial charge in [-0.3, -0.25) is 4.79 Å². The number of nitrogens with zero attached hydrogens (tertiary/aromatic N) is 2. The van der Waals surface area contributed by atoms with E-state index in [-0.39, 0.29) is 12.2 Å². The number of hydrogen-bond donors (Lipinski definition) is 1. The van der Waals surface area contributed by atoms with Crippen LogP contribution in [0, 0.1) is 0 Å². The molecule has 170 valence electrons. The van der Waals surface area contributed by atoms with Crippen LogP contribution in [0.1, 0.15) is 32.0 Å². The molecular formula is C25H25N3O5. The van der Waals surface area contributed by atoms with Crippen LogP contribution in [0.25, 0.3) is 11.8 Å². The molecule has 0 radical (unpaired) electrons. The molecule has 2 heterocycles. The molecule has 0 aliphatic carbocycles. The fraction of sp³-hybridized carbons (Fsp3) is 0.240. The highest BCUT2D eigenvalue weighted by molar-refractivity contribution is 5.94. The van der Waals surface area contributed by atoms with Crippen molar-refractivity contribution >= 4 is 23.8 Å². The highest BCUT2D eigenvalue weighted by Gasteiger charge is 2.21. The smallest absolute Gasteiger partial charge is 0.331 e. The van der Waals surface area contributed by atoms with Crippen molar-refractivity contribution in [1.82, 2.24) is 9.78 Å². The quantitative estimate of drug-likeness (QED) is 0.452. The van der Waals surface area contributed by atoms with Crippen molar-refractivity contribution in [3.8, 4) is 17.2 Å². The molecule has 1 aliphatic heterocycles. The lowest BCUT2D eigenvalue weighted by molar-refractivity contribution is -0.142. The lowest BCUT2D eigenvalue weighted by atomic mass is 9.92. The van der Waals surface area contributed by atoms with Gasteiger partial charge in [0.25, 0.3) is 5.91 Å². The molecule has 1 aromatic heterocycles. The van der Waals surface area contributed by atoms with Gasteiger partial charge in [0, 0.05) is 17.6 Å². The summed E-state index contributed by atoms with van der Waals surface area (Å²) in [4.78, 5) is 24.5. The molecule has 8 heteroatoms. The number of carbonyl (C=O) groups is 2. The Kier molecular flexibility index (Phi) is 6.17. The summed E-state index contributed by atoms with van der Waals surface area (Å²) in [5.41, 5.74) is 2.19. The Morgan fingerprint density at radius 1 is 1.09 bits per heavy atom. The largest absolute Gasteiger partial charge is 0.454 e. The van der Waals surface area contributed by atoms with Gasteiger partial charge in [0.15, 0.2) is 18.1 Å². The van der Waals surface area contributed by atoms with Crippen LogP contribution < -0.4 is 14.8 Å². The SMILES string of the molecule is CC(C)(C)c1cc(NC(=O)COC(=O)/C=C/c2ccc3c(c2)OCO3)n(-c2ccccc2)n1. The van der Waals surface area contributed by atoms with Gasteiger partial charge in [0.1, 0.15) is 5.82 Å². The number of esters is 1. The number of amides is 1. The van der Waals surface area contributed by atoms with E-state index in [2.05, 4.69) is 10.4 Å². The summed E-state index contributed by atoms with van der Waals surface area (Å²) < 4.78 is 17.3. The van der Waals surface area contributed by atoms with Crippen LogP contribution in [0.5, 0.6) is 11.5 Å². The number of ether oxygens (including phenoxy) is 3. The number of para-hydroxylation sites is 1. The topological polar surface area (TPSA) is 91.7 Å². The van der Waals surface area contributed by atoms with Crippen molar-refractivity contribution in [3.63, 3.8) is 0 Å². The molecule has 0 saturated carbocycles. The summed E-state index contributed by atoms with van der Waals surface area (Å²) in [6, 6.07) is 16.6. The standard InChI is InChI=1S/C25H25N3O5/c1-25(2,3)21-14-22(28(27-21)18-7-5-4-6-8-18)26-23(29)15-31-24(30)12-10-17-9-11-19-20(13-17)33-16-32-19/h4-14H,15-16H2,1-3H3,(H,26,29)/b12-10+. The van der Waals surface area contributed by atoms with Crippen LogP contribution >= 0.6 is 0 Å². The highest BCUT2D eigenvalue weighted by atomic mass is 16.7. The first-order chi connectivity index (χ1) is 15.8. The van der Waals surface area contributed by atoms with Crippen LogP contribution in [-0.4, -0.2) is 35.1 Å². The van der Waals surface area contributed by atoms with Crippen molar-refractivity contribution in [2.75, 3.05) is 18.7 Å². The van der Waals surface area contributed by atoms with Gasteiger partial charge in [-0.15, -0.1) is 0 Å². The molecule has 4 rings (SSSR count). The van der Waals surface area contributed by atoms with E-state index in [0.717, 1.165) is 16.9 Å². The fourth-order valence-corrected chi connectivity index (χ4v) is 3.15. The summed E-state index contributed by atoms with van der Waals surface area (Å²) in [5.74, 6) is 0.695. The third-order valence-electron chi connectivity index (χ3n) is 4.90. The molecule has 0 atom stereocenters. The minimum atomic E-state index is -0.630. The summed E-state index contributed by atoms with van der Waals surface area (Å²) >= 11 is 0. The highest BCUT2D eigenvalue weighted by Crippen LogP contribution is 2.32. The number of anilines is 1. The molecule has 0 fully saturated rings. The van der Waals surface area contributed by atoms with Gasteiger partial charge in [-0.1, -0.05) is 45.0 Å². The van der Waals surface area contributed by atoms with Gasteiger partial charge in [-0.2, -0.15) is 5.10 Å². The van der Waals surface area contributed by atoms with E-state index in [9.17, 15) is 9.59 Å². The van der Waals surface area contributed by atoms with Gasteiger partial charge in [0.2, 0.25) is 6.79 Å². The second-order valence-corrected chi connectivity index (χ2v) is 8.51. The van der Waals surface area contributed by atoms with E-state index in [1.807, 2.05) is 57.2 Å². The lowest BCUT2D eigenvalue weighted by Gasteiger charge is -2.14. The number of hydrogen-bond acceptors (Lipinski definition) is 6. The maximum Gasteiger partial charge on any atom is 0.331 e. The second-order valence-electron chi connectivity index (χ2n) is 8.51. The zero-order valence-electron chi connectivity index (χ0n) is 18.7. The molecule has 1 N–H and O–H groups in total. The van der Waals surface area contributed by atoms with Crippen molar-refractivity contribution in [2.45, 2.75) is 26.2 Å². The molecule has 3 aromatic rings. The van der Waals surface area contributed by atoms with Crippen molar-refractivity contribution in [1.29, 1.82) is 0 Å². The normalized spacial score (nSPS) is 12.7. The van der Waals surface area contributed by atoms with Crippen molar-refractivity contribution < 1.29 is 23.8 Å². The third kappa shape index (κ3) is 5.41. The number of benzene rings is 2. The van der Waals surface area contributed by atoms with E-state index in [4.69, 9.17) is 14.2 Å². The van der Waals surface area contributed by atoms with Crippen LogP contribution in [0.2, 0.25) is 0 Å². The third-order valence-corrected chi connectivity index (χ3v) is 4.90. The molecule has 1 aliphatic rings. The zero-order chi connectivity index (χ0) is 23.4. The lowest BCUT2D eigenvalue weighted by Crippen LogP contribution is -2.21. The van der Waals surface area contributed by atoms with Gasteiger partial charge < -0.3 is 19.5 Å².